The van der Waals surface area contributed by atoms with Crippen molar-refractivity contribution in [2.24, 2.45) is 0 Å². The van der Waals surface area contributed by atoms with Gasteiger partial charge >= 0.3 is 0 Å². The average Bonchev–Trinajstić information content (AvgIpc) is 2.71. The van der Waals surface area contributed by atoms with Crippen LogP contribution in [0.2, 0.25) is 0 Å². The Hall–Kier alpha value is -1.95. The molecule has 0 saturated heterocycles. The van der Waals surface area contributed by atoms with Crippen LogP contribution in [0.4, 0.5) is 5.95 Å². The fourth-order valence-corrected chi connectivity index (χ4v) is 2.56. The van der Waals surface area contributed by atoms with E-state index in [4.69, 9.17) is 5.73 Å². The molecule has 0 aliphatic carbocycles. The van der Waals surface area contributed by atoms with Crippen LogP contribution in [0, 0.1) is 13.8 Å². The van der Waals surface area contributed by atoms with Crippen LogP contribution < -0.4 is 5.73 Å². The molecule has 0 saturated carbocycles. The summed E-state index contributed by atoms with van der Waals surface area (Å²) < 4.78 is 0. The lowest BCUT2D eigenvalue weighted by atomic mass is 10.1. The van der Waals surface area contributed by atoms with Gasteiger partial charge in [0.05, 0.1) is 11.4 Å². The lowest BCUT2D eigenvalue weighted by Gasteiger charge is -2.27. The van der Waals surface area contributed by atoms with Gasteiger partial charge in [0.15, 0.2) is 0 Å². The van der Waals surface area contributed by atoms with Crippen LogP contribution in [-0.4, -0.2) is 31.6 Å². The molecule has 0 radical (unpaired) electrons. The molecule has 1 aliphatic rings. The molecule has 0 atom stereocenters. The minimum atomic E-state index is 0.369. The zero-order chi connectivity index (χ0) is 13.4. The largest absolute Gasteiger partial charge is 0.368 e. The molecule has 6 nitrogen and oxygen atoms in total. The summed E-state index contributed by atoms with van der Waals surface area (Å²) in [5.41, 5.74) is 11.4. The minimum Gasteiger partial charge on any atom is -0.368 e. The van der Waals surface area contributed by atoms with E-state index in [1.165, 1.54) is 11.1 Å². The van der Waals surface area contributed by atoms with Gasteiger partial charge in [0.1, 0.15) is 0 Å². The highest BCUT2D eigenvalue weighted by Crippen LogP contribution is 2.20. The van der Waals surface area contributed by atoms with Gasteiger partial charge in [-0.25, -0.2) is 9.97 Å². The normalized spacial score (nSPS) is 15.5. The monoisotopic (exact) mass is 258 g/mol. The van der Waals surface area contributed by atoms with Crippen LogP contribution in [0.5, 0.6) is 0 Å². The second-order valence-corrected chi connectivity index (χ2v) is 5.07. The molecule has 1 aliphatic heterocycles. The third-order valence-electron chi connectivity index (χ3n) is 3.69. The number of H-pyrrole nitrogens is 1. The van der Waals surface area contributed by atoms with E-state index in [0.717, 1.165) is 43.1 Å². The predicted octanol–water partition coefficient (Wildman–Crippen LogP) is 0.957. The zero-order valence-corrected chi connectivity index (χ0v) is 11.3. The van der Waals surface area contributed by atoms with E-state index in [1.54, 1.807) is 0 Å². The fourth-order valence-electron chi connectivity index (χ4n) is 2.56. The quantitative estimate of drug-likeness (QED) is 0.838. The summed E-state index contributed by atoms with van der Waals surface area (Å²) in [6, 6.07) is 0. The summed E-state index contributed by atoms with van der Waals surface area (Å²) in [7, 11) is 0. The molecule has 0 unspecified atom stereocenters. The molecule has 0 fully saturated rings. The number of anilines is 1. The van der Waals surface area contributed by atoms with Crippen molar-refractivity contribution in [2.75, 3.05) is 12.3 Å². The Morgan fingerprint density at radius 3 is 3.00 bits per heavy atom. The first-order valence-electron chi connectivity index (χ1n) is 6.46. The number of rotatable bonds is 2. The standard InChI is InChI=1S/C13H18N6/c1-8-11(9(2)18-17-8)7-19-4-3-12-10(6-19)5-15-13(14)16-12/h5H,3-4,6-7H2,1-2H3,(H,17,18)(H2,14,15,16). The molecule has 3 rings (SSSR count). The van der Waals surface area contributed by atoms with Crippen molar-refractivity contribution in [3.05, 3.63) is 34.4 Å². The van der Waals surface area contributed by atoms with E-state index in [-0.39, 0.29) is 0 Å². The van der Waals surface area contributed by atoms with Crippen LogP contribution in [-0.2, 0) is 19.5 Å². The highest BCUT2D eigenvalue weighted by Gasteiger charge is 2.20. The van der Waals surface area contributed by atoms with Crippen LogP contribution in [0.3, 0.4) is 0 Å². The highest BCUT2D eigenvalue weighted by molar-refractivity contribution is 5.28. The van der Waals surface area contributed by atoms with Gasteiger partial charge in [0.2, 0.25) is 5.95 Å². The first-order valence-corrected chi connectivity index (χ1v) is 6.46. The third-order valence-corrected chi connectivity index (χ3v) is 3.69. The summed E-state index contributed by atoms with van der Waals surface area (Å²) in [6.07, 6.45) is 2.77. The number of nitrogens with one attached hydrogen (secondary N) is 1. The molecule has 2 aromatic heterocycles. The van der Waals surface area contributed by atoms with Crippen LogP contribution in [0.1, 0.15) is 28.2 Å². The summed E-state index contributed by atoms with van der Waals surface area (Å²) in [6.45, 7) is 6.89. The van der Waals surface area contributed by atoms with E-state index >= 15 is 0 Å². The smallest absolute Gasteiger partial charge is 0.220 e. The van der Waals surface area contributed by atoms with Gasteiger partial charge in [-0.1, -0.05) is 0 Å². The topological polar surface area (TPSA) is 83.7 Å². The Labute approximate surface area is 112 Å². The number of nitrogens with zero attached hydrogens (tertiary/aromatic N) is 4. The number of hydrogen-bond donors (Lipinski definition) is 2. The Balaban J connectivity index is 1.77. The maximum absolute atomic E-state index is 5.62. The average molecular weight is 258 g/mol. The molecular weight excluding hydrogens is 240 g/mol. The molecule has 0 bridgehead atoms. The van der Waals surface area contributed by atoms with Gasteiger partial charge in [0, 0.05) is 49.1 Å². The van der Waals surface area contributed by atoms with Gasteiger partial charge in [-0.2, -0.15) is 5.10 Å². The molecular formula is C13H18N6. The molecule has 0 aromatic carbocycles. The molecule has 3 N–H and O–H groups in total. The van der Waals surface area contributed by atoms with E-state index in [0.29, 0.717) is 5.95 Å². The lowest BCUT2D eigenvalue weighted by Crippen LogP contribution is -2.31. The second kappa shape index (κ2) is 4.62. The summed E-state index contributed by atoms with van der Waals surface area (Å²) in [5, 5.41) is 7.28. The number of nitrogens with two attached hydrogens (primary N) is 1. The molecule has 6 heteroatoms. The third kappa shape index (κ3) is 2.31. The number of aryl methyl sites for hydroxylation is 2. The molecule has 19 heavy (non-hydrogen) atoms. The molecule has 0 spiro atoms. The first kappa shape index (κ1) is 12.1. The van der Waals surface area contributed by atoms with Gasteiger partial charge in [-0.05, 0) is 13.8 Å². The Morgan fingerprint density at radius 1 is 1.42 bits per heavy atom. The molecule has 2 aromatic rings. The number of hydrogen-bond acceptors (Lipinski definition) is 5. The predicted molar refractivity (Wildman–Crippen MR) is 72.3 cm³/mol. The summed E-state index contributed by atoms with van der Waals surface area (Å²) >= 11 is 0. The van der Waals surface area contributed by atoms with E-state index in [2.05, 4.69) is 32.0 Å². The van der Waals surface area contributed by atoms with E-state index in [9.17, 15) is 0 Å². The minimum absolute atomic E-state index is 0.369. The zero-order valence-electron chi connectivity index (χ0n) is 11.3. The van der Waals surface area contributed by atoms with Crippen LogP contribution in [0.15, 0.2) is 6.20 Å². The van der Waals surface area contributed by atoms with Crippen molar-refractivity contribution in [1.82, 2.24) is 25.1 Å². The van der Waals surface area contributed by atoms with Gasteiger partial charge in [-0.3, -0.25) is 10.00 Å². The Bertz CT molecular complexity index is 584. The van der Waals surface area contributed by atoms with Gasteiger partial charge in [0.25, 0.3) is 0 Å². The fraction of sp³-hybridized carbons (Fsp3) is 0.462. The number of aromatic nitrogens is 4. The molecule has 3 heterocycles. The first-order chi connectivity index (χ1) is 9.13. The van der Waals surface area contributed by atoms with Crippen molar-refractivity contribution < 1.29 is 0 Å². The van der Waals surface area contributed by atoms with Crippen molar-refractivity contribution >= 4 is 5.95 Å². The van der Waals surface area contributed by atoms with Crippen molar-refractivity contribution in [3.63, 3.8) is 0 Å². The Kier molecular flexibility index (Phi) is 2.94. The summed E-state index contributed by atoms with van der Waals surface area (Å²) in [5.74, 6) is 0.369. The van der Waals surface area contributed by atoms with Crippen molar-refractivity contribution in [1.29, 1.82) is 0 Å². The van der Waals surface area contributed by atoms with E-state index < -0.39 is 0 Å². The van der Waals surface area contributed by atoms with Crippen molar-refractivity contribution in [3.8, 4) is 0 Å². The molecule has 100 valence electrons. The van der Waals surface area contributed by atoms with Gasteiger partial charge in [-0.15, -0.1) is 0 Å². The maximum Gasteiger partial charge on any atom is 0.220 e. The Morgan fingerprint density at radius 2 is 2.26 bits per heavy atom. The number of nitrogen functional groups attached to an aromatic ring is 1. The second-order valence-electron chi connectivity index (χ2n) is 5.07. The SMILES string of the molecule is Cc1n[nH]c(C)c1CN1CCc2nc(N)ncc2C1. The van der Waals surface area contributed by atoms with Gasteiger partial charge < -0.3 is 5.73 Å². The van der Waals surface area contributed by atoms with E-state index in [1.807, 2.05) is 13.1 Å². The van der Waals surface area contributed by atoms with Crippen LogP contribution in [0.25, 0.3) is 0 Å². The number of fused-ring (bicyclic) bond motifs is 1. The summed E-state index contributed by atoms with van der Waals surface area (Å²) in [4.78, 5) is 10.8. The maximum atomic E-state index is 5.62. The highest BCUT2D eigenvalue weighted by atomic mass is 15.2. The lowest BCUT2D eigenvalue weighted by molar-refractivity contribution is 0.242. The number of aromatic amines is 1. The molecule has 0 amide bonds. The van der Waals surface area contributed by atoms with Crippen molar-refractivity contribution in [2.45, 2.75) is 33.4 Å². The van der Waals surface area contributed by atoms with Crippen LogP contribution >= 0.6 is 0 Å².